The van der Waals surface area contributed by atoms with E-state index in [2.05, 4.69) is 23.7 Å². The number of aryl methyl sites for hydroxylation is 1. The van der Waals surface area contributed by atoms with Crippen molar-refractivity contribution < 1.29 is 13.5 Å². The van der Waals surface area contributed by atoms with Crippen LogP contribution in [0.4, 0.5) is 4.39 Å². The normalized spacial score (nSPS) is 11.6. The number of ether oxygens (including phenoxy) is 1. The van der Waals surface area contributed by atoms with Crippen molar-refractivity contribution in [2.45, 2.75) is 33.4 Å². The minimum atomic E-state index is -0.266. The predicted octanol–water partition coefficient (Wildman–Crippen LogP) is 3.65. The highest BCUT2D eigenvalue weighted by molar-refractivity contribution is 5.53. The Morgan fingerprint density at radius 2 is 1.95 bits per heavy atom. The van der Waals surface area contributed by atoms with E-state index in [1.165, 1.54) is 12.1 Å². The smallest absolute Gasteiger partial charge is 0.226 e. The quantitative estimate of drug-likeness (QED) is 0.783. The van der Waals surface area contributed by atoms with Crippen LogP contribution in [0.2, 0.25) is 0 Å². The van der Waals surface area contributed by atoms with Crippen LogP contribution in [0.3, 0.4) is 0 Å². The molecule has 0 spiro atoms. The van der Waals surface area contributed by atoms with Gasteiger partial charge >= 0.3 is 0 Å². The Kier molecular flexibility index (Phi) is 5.69. The van der Waals surface area contributed by atoms with E-state index in [9.17, 15) is 4.39 Å². The Hall–Kier alpha value is -1.72. The van der Waals surface area contributed by atoms with E-state index in [1.54, 1.807) is 19.2 Å². The first kappa shape index (κ1) is 16.6. The Morgan fingerprint density at radius 1 is 1.27 bits per heavy atom. The van der Waals surface area contributed by atoms with Gasteiger partial charge in [-0.25, -0.2) is 9.37 Å². The molecule has 2 rings (SSSR count). The first-order valence-corrected chi connectivity index (χ1v) is 7.46. The van der Waals surface area contributed by atoms with E-state index in [-0.39, 0.29) is 5.82 Å². The van der Waals surface area contributed by atoms with Gasteiger partial charge in [-0.05, 0) is 45.0 Å². The molecule has 0 amide bonds. The lowest BCUT2D eigenvalue weighted by Gasteiger charge is -2.25. The van der Waals surface area contributed by atoms with Crippen LogP contribution in [-0.4, -0.2) is 36.2 Å². The van der Waals surface area contributed by atoms with Crippen LogP contribution in [-0.2, 0) is 11.3 Å². The third-order valence-electron chi connectivity index (χ3n) is 3.65. The van der Waals surface area contributed by atoms with Crippen LogP contribution in [0.15, 0.2) is 28.7 Å². The number of hydrogen-bond acceptors (Lipinski definition) is 4. The van der Waals surface area contributed by atoms with E-state index >= 15 is 0 Å². The molecule has 120 valence electrons. The fraction of sp³-hybridized carbons (Fsp3) is 0.471. The summed E-state index contributed by atoms with van der Waals surface area (Å²) < 4.78 is 23.9. The summed E-state index contributed by atoms with van der Waals surface area (Å²) in [7, 11) is 1.70. The summed E-state index contributed by atoms with van der Waals surface area (Å²) in [6.07, 6.45) is 0. The highest BCUT2D eigenvalue weighted by atomic mass is 19.1. The minimum absolute atomic E-state index is 0.266. The lowest BCUT2D eigenvalue weighted by Crippen LogP contribution is -2.33. The SMILES string of the molecule is COCCN(Cc1nc(-c2ccc(F)cc2)oc1C)C(C)C. The number of halogens is 1. The van der Waals surface area contributed by atoms with Crippen LogP contribution in [0.1, 0.15) is 25.3 Å². The lowest BCUT2D eigenvalue weighted by atomic mass is 10.2. The van der Waals surface area contributed by atoms with Gasteiger partial charge in [0, 0.05) is 31.8 Å². The monoisotopic (exact) mass is 306 g/mol. The maximum atomic E-state index is 13.0. The molecule has 4 nitrogen and oxygen atoms in total. The molecule has 0 bridgehead atoms. The van der Waals surface area contributed by atoms with Gasteiger partial charge in [-0.1, -0.05) is 0 Å². The van der Waals surface area contributed by atoms with Gasteiger partial charge in [0.2, 0.25) is 5.89 Å². The number of rotatable bonds is 7. The van der Waals surface area contributed by atoms with Crippen molar-refractivity contribution in [1.29, 1.82) is 0 Å². The van der Waals surface area contributed by atoms with Gasteiger partial charge < -0.3 is 9.15 Å². The molecule has 0 radical (unpaired) electrons. The number of oxazole rings is 1. The molecule has 1 aromatic heterocycles. The molecule has 0 fully saturated rings. The summed E-state index contributed by atoms with van der Waals surface area (Å²) in [5.74, 6) is 1.06. The van der Waals surface area contributed by atoms with Crippen molar-refractivity contribution >= 4 is 0 Å². The van der Waals surface area contributed by atoms with Crippen LogP contribution in [0.5, 0.6) is 0 Å². The summed E-state index contributed by atoms with van der Waals surface area (Å²) in [5.41, 5.74) is 1.69. The predicted molar refractivity (Wildman–Crippen MR) is 84.1 cm³/mol. The molecule has 1 heterocycles. The molecule has 0 N–H and O–H groups in total. The molecule has 1 aromatic carbocycles. The molecule has 0 aliphatic heterocycles. The Labute approximate surface area is 130 Å². The summed E-state index contributed by atoms with van der Waals surface area (Å²) >= 11 is 0. The fourth-order valence-corrected chi connectivity index (χ4v) is 2.21. The third kappa shape index (κ3) is 4.15. The number of hydrogen-bond donors (Lipinski definition) is 0. The highest BCUT2D eigenvalue weighted by Crippen LogP contribution is 2.23. The highest BCUT2D eigenvalue weighted by Gasteiger charge is 2.16. The summed E-state index contributed by atoms with van der Waals surface area (Å²) in [6, 6.07) is 6.56. The molecule has 5 heteroatoms. The first-order valence-electron chi connectivity index (χ1n) is 7.46. The van der Waals surface area contributed by atoms with Gasteiger partial charge in [0.25, 0.3) is 0 Å². The van der Waals surface area contributed by atoms with Crippen molar-refractivity contribution in [2.75, 3.05) is 20.3 Å². The van der Waals surface area contributed by atoms with E-state index < -0.39 is 0 Å². The van der Waals surface area contributed by atoms with E-state index in [1.807, 2.05) is 6.92 Å². The van der Waals surface area contributed by atoms with E-state index in [4.69, 9.17) is 9.15 Å². The zero-order valence-corrected chi connectivity index (χ0v) is 13.6. The van der Waals surface area contributed by atoms with Crippen LogP contribution < -0.4 is 0 Å². The van der Waals surface area contributed by atoms with Crippen molar-refractivity contribution in [2.24, 2.45) is 0 Å². The molecular formula is C17H23FN2O2. The van der Waals surface area contributed by atoms with Gasteiger partial charge in [-0.15, -0.1) is 0 Å². The van der Waals surface area contributed by atoms with Crippen molar-refractivity contribution in [3.8, 4) is 11.5 Å². The molecule has 0 saturated carbocycles. The maximum absolute atomic E-state index is 13.0. The van der Waals surface area contributed by atoms with Gasteiger partial charge in [-0.2, -0.15) is 0 Å². The number of nitrogens with zero attached hydrogens (tertiary/aromatic N) is 2. The van der Waals surface area contributed by atoms with Crippen LogP contribution in [0.25, 0.3) is 11.5 Å². The average molecular weight is 306 g/mol. The molecule has 0 atom stereocenters. The van der Waals surface area contributed by atoms with Gasteiger partial charge in [-0.3, -0.25) is 4.90 Å². The summed E-state index contributed by atoms with van der Waals surface area (Å²) in [4.78, 5) is 6.85. The zero-order valence-electron chi connectivity index (χ0n) is 13.6. The topological polar surface area (TPSA) is 38.5 Å². The molecular weight excluding hydrogens is 283 g/mol. The maximum Gasteiger partial charge on any atom is 0.226 e. The summed E-state index contributed by atoms with van der Waals surface area (Å²) in [6.45, 7) is 8.42. The molecule has 2 aromatic rings. The van der Waals surface area contributed by atoms with Gasteiger partial charge in [0.15, 0.2) is 0 Å². The number of aromatic nitrogens is 1. The second kappa shape index (κ2) is 7.51. The van der Waals surface area contributed by atoms with Crippen LogP contribution >= 0.6 is 0 Å². The molecule has 0 aliphatic rings. The number of methoxy groups -OCH3 is 1. The summed E-state index contributed by atoms with van der Waals surface area (Å²) in [5, 5.41) is 0. The standard InChI is InChI=1S/C17H23FN2O2/c1-12(2)20(9-10-21-4)11-16-13(3)22-17(19-16)14-5-7-15(18)8-6-14/h5-8,12H,9-11H2,1-4H3. The molecule has 0 saturated heterocycles. The number of benzene rings is 1. The molecule has 0 aliphatic carbocycles. The zero-order chi connectivity index (χ0) is 16.1. The largest absolute Gasteiger partial charge is 0.441 e. The Morgan fingerprint density at radius 3 is 2.55 bits per heavy atom. The van der Waals surface area contributed by atoms with Gasteiger partial charge in [0.1, 0.15) is 11.6 Å². The molecule has 0 unspecified atom stereocenters. The van der Waals surface area contributed by atoms with Crippen molar-refractivity contribution in [3.05, 3.63) is 41.5 Å². The van der Waals surface area contributed by atoms with Crippen molar-refractivity contribution in [1.82, 2.24) is 9.88 Å². The average Bonchev–Trinajstić information content (AvgIpc) is 2.85. The Balaban J connectivity index is 2.16. The fourth-order valence-electron chi connectivity index (χ4n) is 2.21. The van der Waals surface area contributed by atoms with E-state index in [0.717, 1.165) is 23.6 Å². The first-order chi connectivity index (χ1) is 10.5. The van der Waals surface area contributed by atoms with E-state index in [0.29, 0.717) is 25.1 Å². The second-order valence-electron chi connectivity index (χ2n) is 5.59. The third-order valence-corrected chi connectivity index (χ3v) is 3.65. The minimum Gasteiger partial charge on any atom is -0.441 e. The van der Waals surface area contributed by atoms with Crippen molar-refractivity contribution in [3.63, 3.8) is 0 Å². The molecule has 22 heavy (non-hydrogen) atoms. The Bertz CT molecular complexity index is 593. The van der Waals surface area contributed by atoms with Crippen LogP contribution in [0, 0.1) is 12.7 Å². The van der Waals surface area contributed by atoms with Gasteiger partial charge in [0.05, 0.1) is 12.3 Å². The lowest BCUT2D eigenvalue weighted by molar-refractivity contribution is 0.124. The second-order valence-corrected chi connectivity index (χ2v) is 5.59.